The zero-order valence-corrected chi connectivity index (χ0v) is 33.3. The number of fused-ring (bicyclic) bond motifs is 6. The highest BCUT2D eigenvalue weighted by Gasteiger charge is 2.31. The summed E-state index contributed by atoms with van der Waals surface area (Å²) in [6.07, 6.45) is 12.6. The van der Waals surface area contributed by atoms with Gasteiger partial charge in [0.25, 0.3) is 0 Å². The van der Waals surface area contributed by atoms with E-state index in [0.717, 1.165) is 54.1 Å². The quantitative estimate of drug-likeness (QED) is 0.135. The van der Waals surface area contributed by atoms with Crippen molar-refractivity contribution < 1.29 is 0 Å². The zero-order valence-electron chi connectivity index (χ0n) is 33.3. The summed E-state index contributed by atoms with van der Waals surface area (Å²) in [6.45, 7) is 6.30. The molecule has 0 amide bonds. The number of benzene rings is 7. The van der Waals surface area contributed by atoms with Crippen molar-refractivity contribution in [3.05, 3.63) is 244 Å². The lowest BCUT2D eigenvalue weighted by atomic mass is 9.97. The third-order valence-corrected chi connectivity index (χ3v) is 12.7. The monoisotopic (exact) mass is 756 g/mol. The van der Waals surface area contributed by atoms with E-state index in [-0.39, 0.29) is 0 Å². The summed E-state index contributed by atoms with van der Waals surface area (Å²) in [7, 11) is 0. The third-order valence-electron chi connectivity index (χ3n) is 12.7. The van der Waals surface area contributed by atoms with Crippen LogP contribution in [0.5, 0.6) is 0 Å². The maximum Gasteiger partial charge on any atom is 0.0464 e. The Hall–Kier alpha value is -7.16. The van der Waals surface area contributed by atoms with Crippen molar-refractivity contribution in [2.24, 2.45) is 0 Å². The number of allylic oxidation sites excluding steroid dienone is 6. The van der Waals surface area contributed by atoms with Crippen LogP contribution in [-0.4, -0.2) is 0 Å². The van der Waals surface area contributed by atoms with E-state index < -0.39 is 0 Å². The van der Waals surface area contributed by atoms with Crippen molar-refractivity contribution in [3.8, 4) is 0 Å². The van der Waals surface area contributed by atoms with Crippen molar-refractivity contribution in [1.29, 1.82) is 0 Å². The second kappa shape index (κ2) is 14.3. The molecule has 7 aromatic rings. The van der Waals surface area contributed by atoms with Crippen LogP contribution in [0.25, 0.3) is 34.4 Å². The van der Waals surface area contributed by atoms with E-state index in [1.54, 1.807) is 0 Å². The molecule has 0 heterocycles. The van der Waals surface area contributed by atoms with Crippen molar-refractivity contribution in [2.45, 2.75) is 32.6 Å². The average molecular weight is 757 g/mol. The van der Waals surface area contributed by atoms with Gasteiger partial charge in [-0.25, -0.2) is 0 Å². The molecule has 0 N–H and O–H groups in total. The van der Waals surface area contributed by atoms with Crippen LogP contribution in [-0.2, 0) is 25.7 Å². The zero-order chi connectivity index (χ0) is 39.5. The highest BCUT2D eigenvalue weighted by Crippen LogP contribution is 2.49. The Morgan fingerprint density at radius 3 is 1.47 bits per heavy atom. The molecule has 2 nitrogen and oxygen atoms in total. The van der Waals surface area contributed by atoms with Crippen LogP contribution in [0.15, 0.2) is 188 Å². The number of anilines is 5. The molecule has 0 saturated heterocycles. The minimum Gasteiger partial charge on any atom is -0.311 e. The molecule has 0 aliphatic heterocycles. The number of hydrogen-bond donors (Lipinski definition) is 0. The largest absolute Gasteiger partial charge is 0.311 e. The lowest BCUT2D eigenvalue weighted by Gasteiger charge is -2.27. The summed E-state index contributed by atoms with van der Waals surface area (Å²) in [5.74, 6) is 0. The van der Waals surface area contributed by atoms with E-state index in [2.05, 4.69) is 205 Å². The molecule has 0 fully saturated rings. The van der Waals surface area contributed by atoms with Crippen LogP contribution in [0.2, 0.25) is 0 Å². The highest BCUT2D eigenvalue weighted by molar-refractivity contribution is 6.03. The Bertz CT molecular complexity index is 2940. The number of para-hydroxylation sites is 1. The van der Waals surface area contributed by atoms with Gasteiger partial charge >= 0.3 is 0 Å². The molecule has 0 radical (unpaired) electrons. The lowest BCUT2D eigenvalue weighted by Crippen LogP contribution is -2.15. The predicted octanol–water partition coefficient (Wildman–Crippen LogP) is 14.6. The molecular formula is C57H44N2. The van der Waals surface area contributed by atoms with Gasteiger partial charge in [-0.15, -0.1) is 0 Å². The predicted molar refractivity (Wildman–Crippen MR) is 250 cm³/mol. The van der Waals surface area contributed by atoms with Gasteiger partial charge in [0, 0.05) is 34.1 Å². The Kier molecular flexibility index (Phi) is 8.52. The summed E-state index contributed by atoms with van der Waals surface area (Å²) < 4.78 is 0. The first-order chi connectivity index (χ1) is 29.1. The summed E-state index contributed by atoms with van der Waals surface area (Å²) in [4.78, 5) is 4.74. The molecule has 59 heavy (non-hydrogen) atoms. The molecule has 4 aliphatic rings. The van der Waals surface area contributed by atoms with E-state index in [4.69, 9.17) is 0 Å². The van der Waals surface area contributed by atoms with Gasteiger partial charge in [-0.05, 0) is 177 Å². The summed E-state index contributed by atoms with van der Waals surface area (Å²) in [5.41, 5.74) is 26.1. The third kappa shape index (κ3) is 6.11. The maximum atomic E-state index is 4.20. The number of hydrogen-bond acceptors (Lipinski definition) is 2. The lowest BCUT2D eigenvalue weighted by molar-refractivity contribution is 1.18. The Morgan fingerprint density at radius 1 is 0.458 bits per heavy atom. The van der Waals surface area contributed by atoms with Gasteiger partial charge in [0.05, 0.1) is 0 Å². The highest BCUT2D eigenvalue weighted by atomic mass is 15.1. The van der Waals surface area contributed by atoms with Gasteiger partial charge in [0.1, 0.15) is 0 Å². The smallest absolute Gasteiger partial charge is 0.0464 e. The van der Waals surface area contributed by atoms with Gasteiger partial charge in [-0.1, -0.05) is 128 Å². The topological polar surface area (TPSA) is 6.48 Å². The van der Waals surface area contributed by atoms with Crippen molar-refractivity contribution in [1.82, 2.24) is 0 Å². The van der Waals surface area contributed by atoms with Crippen molar-refractivity contribution >= 4 is 62.9 Å². The molecule has 0 atom stereocenters. The first-order valence-corrected chi connectivity index (χ1v) is 20.8. The maximum absolute atomic E-state index is 4.20. The Morgan fingerprint density at radius 2 is 0.932 bits per heavy atom. The van der Waals surface area contributed by atoms with Crippen LogP contribution in [0.3, 0.4) is 0 Å². The summed E-state index contributed by atoms with van der Waals surface area (Å²) in [6, 6.07) is 60.5. The van der Waals surface area contributed by atoms with Crippen molar-refractivity contribution in [3.63, 3.8) is 0 Å². The molecule has 0 unspecified atom stereocenters. The summed E-state index contributed by atoms with van der Waals surface area (Å²) >= 11 is 0. The fourth-order valence-corrected chi connectivity index (χ4v) is 9.82. The normalized spacial score (nSPS) is 14.6. The fourth-order valence-electron chi connectivity index (χ4n) is 9.82. The van der Waals surface area contributed by atoms with E-state index in [0.29, 0.717) is 0 Å². The van der Waals surface area contributed by atoms with Gasteiger partial charge in [0.15, 0.2) is 0 Å². The first kappa shape index (κ1) is 35.0. The molecule has 11 rings (SSSR count). The Labute approximate surface area is 347 Å². The molecule has 7 aromatic carbocycles. The summed E-state index contributed by atoms with van der Waals surface area (Å²) in [5, 5.41) is 0. The molecule has 282 valence electrons. The Balaban J connectivity index is 0.860. The van der Waals surface area contributed by atoms with Gasteiger partial charge in [-0.2, -0.15) is 0 Å². The molecular weight excluding hydrogens is 713 g/mol. The van der Waals surface area contributed by atoms with E-state index >= 15 is 0 Å². The van der Waals surface area contributed by atoms with Crippen LogP contribution in [0, 0.1) is 0 Å². The van der Waals surface area contributed by atoms with Gasteiger partial charge in [-0.3, -0.25) is 0 Å². The molecule has 0 saturated carbocycles. The second-order valence-electron chi connectivity index (χ2n) is 16.1. The van der Waals surface area contributed by atoms with Crippen LogP contribution in [0.4, 0.5) is 28.4 Å². The standard InChI is InChI=1S/C57H44N2/c1-3-48(4-2)58(50-22-18-38(19-23-50)44-30-40-12-8-9-13-41(40)31-44)52-26-28-54-46(34-52)36-56-55-29-27-53(35-47(55)37-57(54)56)59(49-16-6-5-7-17-49)51-24-20-39(21-25-51)45-32-42-14-10-11-15-43(42)33-45/h3-30,32,34-35H,1,31,33,36-37H2,2H3/b48-4+. The van der Waals surface area contributed by atoms with Crippen LogP contribution < -0.4 is 9.80 Å². The van der Waals surface area contributed by atoms with Gasteiger partial charge < -0.3 is 9.80 Å². The van der Waals surface area contributed by atoms with Crippen molar-refractivity contribution in [2.75, 3.05) is 9.80 Å². The van der Waals surface area contributed by atoms with E-state index in [1.165, 1.54) is 83.6 Å². The SMILES string of the molecule is C=C/C(=C\C)N(c1ccc(C2=Cc3ccccc3C2)cc1)c1ccc2c(c1)CC1=C2Cc2cc(N(c3ccccc3)c3ccc(C4=Cc5ccccc5C4)cc3)ccc21. The van der Waals surface area contributed by atoms with Gasteiger partial charge in [0.2, 0.25) is 0 Å². The number of nitrogens with zero attached hydrogens (tertiary/aromatic N) is 2. The average Bonchev–Trinajstić information content (AvgIpc) is 4.08. The van der Waals surface area contributed by atoms with E-state index in [9.17, 15) is 0 Å². The first-order valence-electron chi connectivity index (χ1n) is 20.8. The number of rotatable bonds is 9. The minimum absolute atomic E-state index is 0.940. The molecule has 4 aliphatic carbocycles. The molecule has 0 spiro atoms. The molecule has 0 bridgehead atoms. The second-order valence-corrected chi connectivity index (χ2v) is 16.1. The fraction of sp³-hybridized carbons (Fsp3) is 0.0877. The molecule has 0 aromatic heterocycles. The minimum atomic E-state index is 0.940. The van der Waals surface area contributed by atoms with Crippen LogP contribution in [0.1, 0.15) is 62.6 Å². The van der Waals surface area contributed by atoms with Crippen LogP contribution >= 0.6 is 0 Å². The molecule has 2 heteroatoms. The van der Waals surface area contributed by atoms with E-state index in [1.807, 2.05) is 6.08 Å².